The molecule has 3 aromatic rings. The van der Waals surface area contributed by atoms with Crippen LogP contribution in [0, 0.1) is 6.92 Å². The molecular weight excluding hydrogens is 334 g/mol. The van der Waals surface area contributed by atoms with E-state index in [9.17, 15) is 4.79 Å². The Hall–Kier alpha value is -3.33. The number of hydrogen-bond donors (Lipinski definition) is 0. The zero-order valence-electron chi connectivity index (χ0n) is 15.5. The molecule has 0 fully saturated rings. The summed E-state index contributed by atoms with van der Waals surface area (Å²) in [6, 6.07) is 25.9. The van der Waals surface area contributed by atoms with Crippen LogP contribution in [0.15, 0.2) is 78.9 Å². The number of carbonyl (C=O) groups excluding carboxylic acids is 1. The molecule has 4 rings (SSSR count). The number of aryl methyl sites for hydroxylation is 1. The molecule has 3 heteroatoms. The molecule has 0 spiro atoms. The highest BCUT2D eigenvalue weighted by molar-refractivity contribution is 6.36. The average molecular weight is 355 g/mol. The van der Waals surface area contributed by atoms with Crippen LogP contribution in [0.5, 0.6) is 5.75 Å². The summed E-state index contributed by atoms with van der Waals surface area (Å²) in [5, 5.41) is 0. The Bertz CT molecular complexity index is 987. The Kier molecular flexibility index (Phi) is 4.51. The molecule has 27 heavy (non-hydrogen) atoms. The van der Waals surface area contributed by atoms with Crippen LogP contribution < -0.4 is 9.64 Å². The Morgan fingerprint density at radius 2 is 1.44 bits per heavy atom. The third kappa shape index (κ3) is 3.24. The lowest BCUT2D eigenvalue weighted by atomic mass is 9.96. The number of hydrogen-bond acceptors (Lipinski definition) is 2. The first kappa shape index (κ1) is 17.1. The summed E-state index contributed by atoms with van der Waals surface area (Å²) in [6.45, 7) is 2.63. The number of amides is 1. The van der Waals surface area contributed by atoms with Crippen LogP contribution in [0.3, 0.4) is 0 Å². The maximum absolute atomic E-state index is 13.3. The lowest BCUT2D eigenvalue weighted by Crippen LogP contribution is -2.26. The van der Waals surface area contributed by atoms with E-state index in [4.69, 9.17) is 4.74 Å². The van der Waals surface area contributed by atoms with E-state index in [1.807, 2.05) is 59.5 Å². The fraction of sp³-hybridized carbons (Fsp3) is 0.125. The summed E-state index contributed by atoms with van der Waals surface area (Å²) < 4.78 is 5.26. The third-order valence-corrected chi connectivity index (χ3v) is 4.92. The van der Waals surface area contributed by atoms with Gasteiger partial charge < -0.3 is 9.64 Å². The molecule has 0 atom stereocenters. The van der Waals surface area contributed by atoms with Gasteiger partial charge in [0.2, 0.25) is 0 Å². The van der Waals surface area contributed by atoms with Gasteiger partial charge in [-0.05, 0) is 47.9 Å². The highest BCUT2D eigenvalue weighted by atomic mass is 16.5. The largest absolute Gasteiger partial charge is 0.497 e. The minimum Gasteiger partial charge on any atom is -0.497 e. The maximum Gasteiger partial charge on any atom is 0.259 e. The zero-order chi connectivity index (χ0) is 18.8. The van der Waals surface area contributed by atoms with Crippen molar-refractivity contribution in [3.63, 3.8) is 0 Å². The van der Waals surface area contributed by atoms with E-state index in [0.29, 0.717) is 6.54 Å². The summed E-state index contributed by atoms with van der Waals surface area (Å²) in [5.41, 5.74) is 5.91. The molecule has 1 amide bonds. The van der Waals surface area contributed by atoms with Crippen molar-refractivity contribution in [1.82, 2.24) is 0 Å². The van der Waals surface area contributed by atoms with Gasteiger partial charge in [0.15, 0.2) is 0 Å². The van der Waals surface area contributed by atoms with E-state index >= 15 is 0 Å². The quantitative estimate of drug-likeness (QED) is 0.662. The first-order valence-electron chi connectivity index (χ1n) is 8.99. The lowest BCUT2D eigenvalue weighted by molar-refractivity contribution is -0.112. The highest BCUT2D eigenvalue weighted by Crippen LogP contribution is 2.37. The van der Waals surface area contributed by atoms with Gasteiger partial charge in [0.1, 0.15) is 5.75 Å². The van der Waals surface area contributed by atoms with Gasteiger partial charge in [-0.15, -0.1) is 0 Å². The van der Waals surface area contributed by atoms with Gasteiger partial charge in [0, 0.05) is 5.69 Å². The van der Waals surface area contributed by atoms with Crippen molar-refractivity contribution in [2.45, 2.75) is 6.92 Å². The Labute approximate surface area is 159 Å². The lowest BCUT2D eigenvalue weighted by Gasteiger charge is -2.17. The topological polar surface area (TPSA) is 29.5 Å². The average Bonchev–Trinajstić information content (AvgIpc) is 3.06. The summed E-state index contributed by atoms with van der Waals surface area (Å²) in [4.78, 5) is 15.2. The summed E-state index contributed by atoms with van der Waals surface area (Å²) in [7, 11) is 1.64. The molecule has 0 unspecified atom stereocenters. The number of rotatable bonds is 4. The van der Waals surface area contributed by atoms with Crippen LogP contribution in [-0.4, -0.2) is 19.6 Å². The maximum atomic E-state index is 13.3. The van der Waals surface area contributed by atoms with E-state index in [1.54, 1.807) is 7.11 Å². The molecule has 0 saturated heterocycles. The SMILES string of the molecule is COc1ccc(C2=C(c3ccc(C)cc3)CN(c3ccccc3)C2=O)cc1. The van der Waals surface area contributed by atoms with E-state index < -0.39 is 0 Å². The fourth-order valence-corrected chi connectivity index (χ4v) is 3.44. The van der Waals surface area contributed by atoms with Gasteiger partial charge in [0.05, 0.1) is 19.2 Å². The predicted molar refractivity (Wildman–Crippen MR) is 110 cm³/mol. The minimum atomic E-state index is 0.0296. The standard InChI is InChI=1S/C24H21NO2/c1-17-8-10-18(11-9-17)22-16-25(20-6-4-3-5-7-20)24(26)23(22)19-12-14-21(27-2)15-13-19/h3-15H,16H2,1-2H3. The van der Waals surface area contributed by atoms with Crippen molar-refractivity contribution in [2.24, 2.45) is 0 Å². The number of para-hydroxylation sites is 1. The number of benzene rings is 3. The van der Waals surface area contributed by atoms with Crippen molar-refractivity contribution >= 4 is 22.7 Å². The van der Waals surface area contributed by atoms with Gasteiger partial charge in [-0.1, -0.05) is 60.2 Å². The number of methoxy groups -OCH3 is 1. The van der Waals surface area contributed by atoms with Crippen molar-refractivity contribution in [3.8, 4) is 5.75 Å². The molecule has 1 heterocycles. The van der Waals surface area contributed by atoms with Crippen molar-refractivity contribution in [3.05, 3.63) is 95.6 Å². The normalized spacial score (nSPS) is 14.0. The summed E-state index contributed by atoms with van der Waals surface area (Å²) >= 11 is 0. The van der Waals surface area contributed by atoms with Gasteiger partial charge in [0.25, 0.3) is 5.91 Å². The second-order valence-corrected chi connectivity index (χ2v) is 6.67. The van der Waals surface area contributed by atoms with Crippen molar-refractivity contribution < 1.29 is 9.53 Å². The van der Waals surface area contributed by atoms with Crippen LogP contribution in [0.2, 0.25) is 0 Å². The molecule has 0 aromatic heterocycles. The van der Waals surface area contributed by atoms with E-state index in [1.165, 1.54) is 5.56 Å². The second kappa shape index (κ2) is 7.12. The zero-order valence-corrected chi connectivity index (χ0v) is 15.5. The molecule has 1 aliphatic heterocycles. The van der Waals surface area contributed by atoms with E-state index in [2.05, 4.69) is 31.2 Å². The highest BCUT2D eigenvalue weighted by Gasteiger charge is 2.32. The van der Waals surface area contributed by atoms with Gasteiger partial charge in [-0.2, -0.15) is 0 Å². The smallest absolute Gasteiger partial charge is 0.259 e. The fourth-order valence-electron chi connectivity index (χ4n) is 3.44. The molecule has 3 nitrogen and oxygen atoms in total. The predicted octanol–water partition coefficient (Wildman–Crippen LogP) is 4.96. The molecule has 3 aromatic carbocycles. The van der Waals surface area contributed by atoms with Crippen LogP contribution in [-0.2, 0) is 4.79 Å². The summed E-state index contributed by atoms with van der Waals surface area (Å²) in [5.74, 6) is 0.809. The van der Waals surface area contributed by atoms with Crippen LogP contribution in [0.4, 0.5) is 5.69 Å². The van der Waals surface area contributed by atoms with Crippen molar-refractivity contribution in [2.75, 3.05) is 18.6 Å². The third-order valence-electron chi connectivity index (χ3n) is 4.92. The number of ether oxygens (including phenoxy) is 1. The monoisotopic (exact) mass is 355 g/mol. The van der Waals surface area contributed by atoms with Crippen LogP contribution in [0.1, 0.15) is 16.7 Å². The van der Waals surface area contributed by atoms with Gasteiger partial charge in [-0.25, -0.2) is 0 Å². The second-order valence-electron chi connectivity index (χ2n) is 6.67. The van der Waals surface area contributed by atoms with E-state index in [-0.39, 0.29) is 5.91 Å². The minimum absolute atomic E-state index is 0.0296. The van der Waals surface area contributed by atoms with Crippen LogP contribution >= 0.6 is 0 Å². The summed E-state index contributed by atoms with van der Waals surface area (Å²) in [6.07, 6.45) is 0. The molecule has 1 aliphatic rings. The van der Waals surface area contributed by atoms with Gasteiger partial charge in [-0.3, -0.25) is 4.79 Å². The molecule has 0 N–H and O–H groups in total. The van der Waals surface area contributed by atoms with E-state index in [0.717, 1.165) is 33.7 Å². The Morgan fingerprint density at radius 3 is 2.07 bits per heavy atom. The number of carbonyl (C=O) groups is 1. The molecule has 0 saturated carbocycles. The molecule has 0 radical (unpaired) electrons. The number of nitrogens with zero attached hydrogens (tertiary/aromatic N) is 1. The molecule has 0 aliphatic carbocycles. The first-order valence-corrected chi connectivity index (χ1v) is 8.99. The van der Waals surface area contributed by atoms with Crippen LogP contribution in [0.25, 0.3) is 11.1 Å². The first-order chi connectivity index (χ1) is 13.2. The van der Waals surface area contributed by atoms with Crippen molar-refractivity contribution in [1.29, 1.82) is 0 Å². The molecule has 0 bridgehead atoms. The van der Waals surface area contributed by atoms with Gasteiger partial charge >= 0.3 is 0 Å². The molecular formula is C24H21NO2. The number of anilines is 1. The Balaban J connectivity index is 1.82. The molecule has 134 valence electrons. The Morgan fingerprint density at radius 1 is 0.815 bits per heavy atom.